The van der Waals surface area contributed by atoms with E-state index in [0.29, 0.717) is 12.8 Å². The van der Waals surface area contributed by atoms with Gasteiger partial charge < -0.3 is 14.6 Å². The highest BCUT2D eigenvalue weighted by Gasteiger charge is 2.16. The molecule has 0 aliphatic rings. The van der Waals surface area contributed by atoms with Crippen LogP contribution in [-0.4, -0.2) is 36.4 Å². The SMILES string of the molecule is CCC(C)CCCCCCCCCCC(=O)O[C@@H](CO)COC(=O)CCCCCCCCCCCCCCCCCC(C)C. The molecule has 0 radical (unpaired) electrons. The molecule has 2 atom stereocenters. The molecule has 0 amide bonds. The van der Waals surface area contributed by atoms with E-state index in [1.807, 2.05) is 0 Å². The zero-order valence-corrected chi connectivity index (χ0v) is 30.0. The van der Waals surface area contributed by atoms with E-state index in [4.69, 9.17) is 9.47 Å². The monoisotopic (exact) mass is 625 g/mol. The van der Waals surface area contributed by atoms with Gasteiger partial charge in [-0.15, -0.1) is 0 Å². The number of aliphatic hydroxyl groups excluding tert-OH is 1. The molecule has 0 aliphatic carbocycles. The van der Waals surface area contributed by atoms with Crippen molar-refractivity contribution in [2.45, 2.75) is 214 Å². The van der Waals surface area contributed by atoms with Crippen molar-refractivity contribution in [3.63, 3.8) is 0 Å². The highest BCUT2D eigenvalue weighted by atomic mass is 16.6. The van der Waals surface area contributed by atoms with Crippen LogP contribution in [0.3, 0.4) is 0 Å². The van der Waals surface area contributed by atoms with Crippen molar-refractivity contribution in [2.24, 2.45) is 11.8 Å². The van der Waals surface area contributed by atoms with Gasteiger partial charge in [0.2, 0.25) is 0 Å². The Bertz CT molecular complexity index is 620. The quantitative estimate of drug-likeness (QED) is 0.0569. The van der Waals surface area contributed by atoms with Gasteiger partial charge in [-0.1, -0.05) is 182 Å². The van der Waals surface area contributed by atoms with Gasteiger partial charge in [-0.2, -0.15) is 0 Å². The van der Waals surface area contributed by atoms with Crippen LogP contribution in [0.4, 0.5) is 0 Å². The molecule has 5 nitrogen and oxygen atoms in total. The number of hydrogen-bond acceptors (Lipinski definition) is 5. The van der Waals surface area contributed by atoms with Crippen LogP contribution >= 0.6 is 0 Å². The minimum absolute atomic E-state index is 0.0591. The van der Waals surface area contributed by atoms with Gasteiger partial charge in [-0.3, -0.25) is 9.59 Å². The lowest BCUT2D eigenvalue weighted by Crippen LogP contribution is -2.28. The van der Waals surface area contributed by atoms with E-state index in [2.05, 4.69) is 27.7 Å². The van der Waals surface area contributed by atoms with Gasteiger partial charge in [0, 0.05) is 12.8 Å². The number of aliphatic hydroxyl groups is 1. The van der Waals surface area contributed by atoms with Crippen LogP contribution in [0, 0.1) is 11.8 Å². The Balaban J connectivity index is 3.50. The van der Waals surface area contributed by atoms with Gasteiger partial charge in [0.15, 0.2) is 6.10 Å². The molecule has 0 aliphatic heterocycles. The maximum absolute atomic E-state index is 12.1. The van der Waals surface area contributed by atoms with Gasteiger partial charge in [-0.05, 0) is 24.7 Å². The summed E-state index contributed by atoms with van der Waals surface area (Å²) in [5, 5.41) is 9.53. The molecule has 0 aromatic heterocycles. The van der Waals surface area contributed by atoms with Crippen molar-refractivity contribution >= 4 is 11.9 Å². The minimum atomic E-state index is -0.763. The Morgan fingerprint density at radius 1 is 0.523 bits per heavy atom. The van der Waals surface area contributed by atoms with Gasteiger partial charge in [-0.25, -0.2) is 0 Å². The normalized spacial score (nSPS) is 12.9. The molecular weight excluding hydrogens is 548 g/mol. The largest absolute Gasteiger partial charge is 0.462 e. The van der Waals surface area contributed by atoms with E-state index >= 15 is 0 Å². The number of carbonyl (C=O) groups excluding carboxylic acids is 2. The Labute approximate surface area is 274 Å². The third-order valence-electron chi connectivity index (χ3n) is 9.12. The number of carbonyl (C=O) groups is 2. The molecule has 0 saturated heterocycles. The first-order valence-electron chi connectivity index (χ1n) is 19.3. The first-order valence-corrected chi connectivity index (χ1v) is 19.3. The van der Waals surface area contributed by atoms with Gasteiger partial charge in [0.1, 0.15) is 6.61 Å². The average Bonchev–Trinajstić information content (AvgIpc) is 3.01. The summed E-state index contributed by atoms with van der Waals surface area (Å²) in [6.45, 7) is 8.86. The lowest BCUT2D eigenvalue weighted by Gasteiger charge is -2.15. The summed E-state index contributed by atoms with van der Waals surface area (Å²) in [5.41, 5.74) is 0. The van der Waals surface area contributed by atoms with Crippen molar-refractivity contribution in [3.8, 4) is 0 Å². The van der Waals surface area contributed by atoms with Crippen molar-refractivity contribution in [3.05, 3.63) is 0 Å². The molecule has 0 spiro atoms. The predicted molar refractivity (Wildman–Crippen MR) is 187 cm³/mol. The number of esters is 2. The average molecular weight is 625 g/mol. The molecule has 0 heterocycles. The summed E-state index contributed by atoms with van der Waals surface area (Å²) < 4.78 is 10.6. The van der Waals surface area contributed by atoms with Crippen LogP contribution in [0.15, 0.2) is 0 Å². The smallest absolute Gasteiger partial charge is 0.306 e. The van der Waals surface area contributed by atoms with Crippen molar-refractivity contribution in [1.82, 2.24) is 0 Å². The van der Waals surface area contributed by atoms with Crippen LogP contribution in [0.2, 0.25) is 0 Å². The van der Waals surface area contributed by atoms with E-state index < -0.39 is 6.10 Å². The molecule has 44 heavy (non-hydrogen) atoms. The van der Waals surface area contributed by atoms with Crippen LogP contribution in [0.1, 0.15) is 207 Å². The third-order valence-corrected chi connectivity index (χ3v) is 9.12. The summed E-state index contributed by atoms with van der Waals surface area (Å²) in [4.78, 5) is 24.2. The molecule has 5 heteroatoms. The lowest BCUT2D eigenvalue weighted by molar-refractivity contribution is -0.161. The highest BCUT2D eigenvalue weighted by molar-refractivity contribution is 5.70. The topological polar surface area (TPSA) is 72.8 Å². The second-order valence-corrected chi connectivity index (χ2v) is 14.1. The molecule has 262 valence electrons. The molecule has 1 N–H and O–H groups in total. The van der Waals surface area contributed by atoms with Crippen LogP contribution in [0.25, 0.3) is 0 Å². The molecule has 0 rings (SSSR count). The second kappa shape index (κ2) is 33.3. The molecule has 0 bridgehead atoms. The van der Waals surface area contributed by atoms with Gasteiger partial charge in [0.05, 0.1) is 6.61 Å². The Kier molecular flexibility index (Phi) is 32.4. The van der Waals surface area contributed by atoms with Gasteiger partial charge in [0.25, 0.3) is 0 Å². The first kappa shape index (κ1) is 42.9. The predicted octanol–water partition coefficient (Wildman–Crippen LogP) is 11.7. The molecular formula is C39H76O5. The van der Waals surface area contributed by atoms with Crippen molar-refractivity contribution in [1.29, 1.82) is 0 Å². The summed E-state index contributed by atoms with van der Waals surface area (Å²) in [5.74, 6) is 1.13. The Morgan fingerprint density at radius 3 is 1.27 bits per heavy atom. The molecule has 1 unspecified atom stereocenters. The number of rotatable bonds is 34. The Hall–Kier alpha value is -1.10. The van der Waals surface area contributed by atoms with E-state index in [0.717, 1.165) is 43.9 Å². The standard InChI is InChI=1S/C39H76O5/c1-5-36(4)30-26-22-18-15-16-20-24-28-32-39(42)44-37(33-40)34-43-38(41)31-27-23-19-14-12-10-8-6-7-9-11-13-17-21-25-29-35(2)3/h35-37,40H,5-34H2,1-4H3/t36?,37-/m0/s1. The lowest BCUT2D eigenvalue weighted by atomic mass is 9.99. The first-order chi connectivity index (χ1) is 21.4. The van der Waals surface area contributed by atoms with Crippen molar-refractivity contribution in [2.75, 3.05) is 13.2 Å². The van der Waals surface area contributed by atoms with Crippen LogP contribution < -0.4 is 0 Å². The fourth-order valence-electron chi connectivity index (χ4n) is 5.77. The van der Waals surface area contributed by atoms with Crippen molar-refractivity contribution < 1.29 is 24.2 Å². The molecule has 0 fully saturated rings. The Morgan fingerprint density at radius 2 is 0.886 bits per heavy atom. The van der Waals surface area contributed by atoms with Crippen LogP contribution in [0.5, 0.6) is 0 Å². The number of ether oxygens (including phenoxy) is 2. The van der Waals surface area contributed by atoms with E-state index in [-0.39, 0.29) is 25.2 Å². The maximum atomic E-state index is 12.1. The zero-order chi connectivity index (χ0) is 32.5. The maximum Gasteiger partial charge on any atom is 0.306 e. The highest BCUT2D eigenvalue weighted by Crippen LogP contribution is 2.17. The van der Waals surface area contributed by atoms with E-state index in [1.54, 1.807) is 0 Å². The summed E-state index contributed by atoms with van der Waals surface area (Å²) in [6, 6.07) is 0. The summed E-state index contributed by atoms with van der Waals surface area (Å²) in [6.07, 6.45) is 33.0. The molecule has 0 aromatic carbocycles. The summed E-state index contributed by atoms with van der Waals surface area (Å²) >= 11 is 0. The summed E-state index contributed by atoms with van der Waals surface area (Å²) in [7, 11) is 0. The number of hydrogen-bond donors (Lipinski definition) is 1. The fraction of sp³-hybridized carbons (Fsp3) is 0.949. The third kappa shape index (κ3) is 32.3. The van der Waals surface area contributed by atoms with Crippen LogP contribution in [-0.2, 0) is 19.1 Å². The molecule has 0 saturated carbocycles. The number of unbranched alkanes of at least 4 members (excludes halogenated alkanes) is 21. The van der Waals surface area contributed by atoms with Gasteiger partial charge >= 0.3 is 11.9 Å². The minimum Gasteiger partial charge on any atom is -0.462 e. The zero-order valence-electron chi connectivity index (χ0n) is 30.0. The van der Waals surface area contributed by atoms with E-state index in [1.165, 1.54) is 135 Å². The fourth-order valence-corrected chi connectivity index (χ4v) is 5.77. The van der Waals surface area contributed by atoms with E-state index in [9.17, 15) is 14.7 Å². The second-order valence-electron chi connectivity index (χ2n) is 14.1. The molecule has 0 aromatic rings.